The number of nitrogens with one attached hydrogen (secondary N) is 1. The first-order chi connectivity index (χ1) is 9.11. The minimum Gasteiger partial charge on any atom is -0.383 e. The lowest BCUT2D eigenvalue weighted by Gasteiger charge is -2.22. The van der Waals surface area contributed by atoms with Crippen molar-refractivity contribution in [1.82, 2.24) is 9.29 Å². The Balaban J connectivity index is 2.33. The fourth-order valence-electron chi connectivity index (χ4n) is 1.87. The first kappa shape index (κ1) is 14.2. The predicted octanol–water partition coefficient (Wildman–Crippen LogP) is 0.167. The van der Waals surface area contributed by atoms with E-state index in [-0.39, 0.29) is 10.9 Å². The number of methoxy groups -OCH3 is 1. The Kier molecular flexibility index (Phi) is 4.35. The maximum Gasteiger partial charge on any atom is 0.247 e. The van der Waals surface area contributed by atoms with Gasteiger partial charge in [0.2, 0.25) is 10.0 Å². The zero-order valence-corrected chi connectivity index (χ0v) is 11.6. The van der Waals surface area contributed by atoms with Gasteiger partial charge in [-0.1, -0.05) is 0 Å². The second-order valence-corrected chi connectivity index (χ2v) is 6.21. The van der Waals surface area contributed by atoms with Gasteiger partial charge in [0.05, 0.1) is 12.3 Å². The number of nitrogens with two attached hydrogens (primary N) is 1. The average Bonchev–Trinajstić information content (AvgIpc) is 3.23. The molecule has 1 aromatic heterocycles. The number of pyridine rings is 1. The maximum atomic E-state index is 12.6. The molecule has 1 saturated carbocycles. The van der Waals surface area contributed by atoms with Crippen molar-refractivity contribution in [3.05, 3.63) is 18.5 Å². The van der Waals surface area contributed by atoms with Crippen LogP contribution in [0.1, 0.15) is 12.8 Å². The highest BCUT2D eigenvalue weighted by Crippen LogP contribution is 2.33. The third-order valence-electron chi connectivity index (χ3n) is 3.00. The largest absolute Gasteiger partial charge is 0.383 e. The number of sulfonamides is 1. The predicted molar refractivity (Wildman–Crippen MR) is 70.8 cm³/mol. The van der Waals surface area contributed by atoms with Gasteiger partial charge in [-0.15, -0.1) is 0 Å². The van der Waals surface area contributed by atoms with Crippen LogP contribution in [0.5, 0.6) is 0 Å². The Morgan fingerprint density at radius 1 is 1.58 bits per heavy atom. The minimum absolute atomic E-state index is 0.0611. The van der Waals surface area contributed by atoms with Crippen molar-refractivity contribution in [2.75, 3.05) is 25.7 Å². The van der Waals surface area contributed by atoms with Crippen LogP contribution in [0.3, 0.4) is 0 Å². The van der Waals surface area contributed by atoms with Gasteiger partial charge in [-0.2, -0.15) is 4.31 Å². The second kappa shape index (κ2) is 5.83. The Morgan fingerprint density at radius 3 is 2.89 bits per heavy atom. The zero-order chi connectivity index (χ0) is 13.9. The van der Waals surface area contributed by atoms with E-state index in [4.69, 9.17) is 10.6 Å². The van der Waals surface area contributed by atoms with Crippen LogP contribution in [-0.2, 0) is 14.8 Å². The second-order valence-electron chi connectivity index (χ2n) is 4.36. The summed E-state index contributed by atoms with van der Waals surface area (Å²) in [6.07, 6.45) is 4.57. The summed E-state index contributed by atoms with van der Waals surface area (Å²) >= 11 is 0. The third kappa shape index (κ3) is 3.03. The molecule has 0 amide bonds. The molecule has 0 unspecified atom stereocenters. The van der Waals surface area contributed by atoms with E-state index in [9.17, 15) is 8.42 Å². The van der Waals surface area contributed by atoms with Gasteiger partial charge in [0.25, 0.3) is 0 Å². The number of rotatable bonds is 7. The molecule has 19 heavy (non-hydrogen) atoms. The molecule has 0 aromatic carbocycles. The van der Waals surface area contributed by atoms with Crippen molar-refractivity contribution < 1.29 is 13.2 Å². The van der Waals surface area contributed by atoms with Crippen molar-refractivity contribution in [3.63, 3.8) is 0 Å². The van der Waals surface area contributed by atoms with E-state index in [0.29, 0.717) is 18.8 Å². The van der Waals surface area contributed by atoms with Gasteiger partial charge in [-0.05, 0) is 18.9 Å². The van der Waals surface area contributed by atoms with E-state index in [1.807, 2.05) is 0 Å². The van der Waals surface area contributed by atoms with E-state index in [1.54, 1.807) is 7.11 Å². The number of nitrogens with zero attached hydrogens (tertiary/aromatic N) is 2. The molecule has 3 N–H and O–H groups in total. The molecule has 2 rings (SSSR count). The SMILES string of the molecule is COCCN(C1CC1)S(=O)(=O)c1cnccc1NN. The summed E-state index contributed by atoms with van der Waals surface area (Å²) in [6, 6.07) is 1.60. The number of ether oxygens (including phenoxy) is 1. The summed E-state index contributed by atoms with van der Waals surface area (Å²) < 4.78 is 31.7. The minimum atomic E-state index is -3.60. The molecule has 1 aliphatic rings. The number of nitrogen functional groups attached to an aromatic ring is 1. The quantitative estimate of drug-likeness (QED) is 0.547. The lowest BCUT2D eigenvalue weighted by Crippen LogP contribution is -2.36. The van der Waals surface area contributed by atoms with Crippen molar-refractivity contribution in [3.8, 4) is 0 Å². The number of anilines is 1. The lowest BCUT2D eigenvalue weighted by atomic mass is 10.4. The molecule has 0 bridgehead atoms. The Bertz CT molecular complexity index is 530. The molecule has 1 aromatic rings. The molecule has 7 nitrogen and oxygen atoms in total. The van der Waals surface area contributed by atoms with Gasteiger partial charge in [0.1, 0.15) is 4.90 Å². The maximum absolute atomic E-state index is 12.6. The third-order valence-corrected chi connectivity index (χ3v) is 4.98. The summed E-state index contributed by atoms with van der Waals surface area (Å²) in [7, 11) is -2.05. The van der Waals surface area contributed by atoms with Crippen molar-refractivity contribution in [2.24, 2.45) is 5.84 Å². The topological polar surface area (TPSA) is 97.5 Å². The summed E-state index contributed by atoms with van der Waals surface area (Å²) in [4.78, 5) is 3.97. The van der Waals surface area contributed by atoms with Crippen LogP contribution >= 0.6 is 0 Å². The van der Waals surface area contributed by atoms with Crippen molar-refractivity contribution in [2.45, 2.75) is 23.8 Å². The van der Waals surface area contributed by atoms with E-state index in [0.717, 1.165) is 12.8 Å². The van der Waals surface area contributed by atoms with E-state index < -0.39 is 10.0 Å². The molecule has 0 saturated heterocycles. The molecule has 106 valence electrons. The van der Waals surface area contributed by atoms with Gasteiger partial charge in [-0.25, -0.2) is 8.42 Å². The molecular formula is C11H18N4O3S. The smallest absolute Gasteiger partial charge is 0.247 e. The van der Waals surface area contributed by atoms with E-state index in [1.165, 1.54) is 22.8 Å². The van der Waals surface area contributed by atoms with Crippen LogP contribution in [0, 0.1) is 0 Å². The number of hydrogen-bond donors (Lipinski definition) is 2. The van der Waals surface area contributed by atoms with Crippen LogP contribution < -0.4 is 11.3 Å². The molecule has 1 aliphatic carbocycles. The van der Waals surface area contributed by atoms with E-state index >= 15 is 0 Å². The Hall–Kier alpha value is -1.22. The van der Waals surface area contributed by atoms with Crippen LogP contribution in [0.4, 0.5) is 5.69 Å². The molecular weight excluding hydrogens is 268 g/mol. The molecule has 0 spiro atoms. The number of hydrazine groups is 1. The zero-order valence-electron chi connectivity index (χ0n) is 10.7. The lowest BCUT2D eigenvalue weighted by molar-refractivity contribution is 0.177. The average molecular weight is 286 g/mol. The highest BCUT2D eigenvalue weighted by atomic mass is 32.2. The Morgan fingerprint density at radius 2 is 2.32 bits per heavy atom. The summed E-state index contributed by atoms with van der Waals surface area (Å²) in [6.45, 7) is 0.698. The van der Waals surface area contributed by atoms with Crippen molar-refractivity contribution in [1.29, 1.82) is 0 Å². The normalized spacial score (nSPS) is 15.7. The standard InChI is InChI=1S/C11H18N4O3S/c1-18-7-6-15(9-2-3-9)19(16,17)11-8-13-5-4-10(11)14-12/h4-5,8-9H,2-3,6-7,12H2,1H3,(H,13,14). The molecule has 1 heterocycles. The first-order valence-electron chi connectivity index (χ1n) is 6.02. The summed E-state index contributed by atoms with van der Waals surface area (Å²) in [5, 5.41) is 0. The highest BCUT2D eigenvalue weighted by Gasteiger charge is 2.38. The fourth-order valence-corrected chi connectivity index (χ4v) is 3.64. The van der Waals surface area contributed by atoms with Gasteiger partial charge in [-0.3, -0.25) is 10.8 Å². The molecule has 0 aliphatic heterocycles. The van der Waals surface area contributed by atoms with Crippen LogP contribution in [-0.4, -0.2) is 44.0 Å². The van der Waals surface area contributed by atoms with Crippen LogP contribution in [0.15, 0.2) is 23.4 Å². The van der Waals surface area contributed by atoms with Gasteiger partial charge in [0.15, 0.2) is 0 Å². The Labute approximate surface area is 112 Å². The molecule has 8 heteroatoms. The van der Waals surface area contributed by atoms with Gasteiger partial charge >= 0.3 is 0 Å². The molecule has 0 radical (unpaired) electrons. The van der Waals surface area contributed by atoms with Crippen LogP contribution in [0.2, 0.25) is 0 Å². The molecule has 1 fully saturated rings. The van der Waals surface area contributed by atoms with Gasteiger partial charge in [0, 0.05) is 32.1 Å². The first-order valence-corrected chi connectivity index (χ1v) is 7.46. The van der Waals surface area contributed by atoms with Gasteiger partial charge < -0.3 is 10.2 Å². The molecule has 0 atom stereocenters. The summed E-state index contributed by atoms with van der Waals surface area (Å²) in [5.74, 6) is 5.35. The number of hydrogen-bond acceptors (Lipinski definition) is 6. The summed E-state index contributed by atoms with van der Waals surface area (Å²) in [5.41, 5.74) is 2.74. The highest BCUT2D eigenvalue weighted by molar-refractivity contribution is 7.89. The monoisotopic (exact) mass is 286 g/mol. The van der Waals surface area contributed by atoms with Crippen molar-refractivity contribution >= 4 is 15.7 Å². The van der Waals surface area contributed by atoms with E-state index in [2.05, 4.69) is 10.4 Å². The fraction of sp³-hybridized carbons (Fsp3) is 0.545. The van der Waals surface area contributed by atoms with Crippen LogP contribution in [0.25, 0.3) is 0 Å². The number of aromatic nitrogens is 1.